The molecule has 0 aromatic carbocycles. The Labute approximate surface area is 41.3 Å². The summed E-state index contributed by atoms with van der Waals surface area (Å²) in [5, 5.41) is 21.5. The van der Waals surface area contributed by atoms with Crippen molar-refractivity contribution in [3.05, 3.63) is 5.21 Å². The van der Waals surface area contributed by atoms with Crippen molar-refractivity contribution in [1.29, 1.82) is 0 Å². The predicted molar refractivity (Wildman–Crippen MR) is 23.2 cm³/mol. The van der Waals surface area contributed by atoms with Crippen molar-refractivity contribution >= 4 is 0 Å². The Morgan fingerprint density at radius 2 is 2.57 bits per heavy atom. The van der Waals surface area contributed by atoms with E-state index in [1.807, 2.05) is 0 Å². The van der Waals surface area contributed by atoms with Crippen LogP contribution < -0.4 is 10.4 Å². The van der Waals surface area contributed by atoms with Gasteiger partial charge in [-0.15, -0.1) is 0 Å². The lowest BCUT2D eigenvalue weighted by Crippen LogP contribution is -3.09. The Kier molecular flexibility index (Phi) is 1.25. The van der Waals surface area contributed by atoms with Crippen molar-refractivity contribution in [3.8, 4) is 0 Å². The number of nitrogens with one attached hydrogen (secondary N) is 2. The SMILES string of the molecule is [O-][NH+]1CNCC1O. The minimum atomic E-state index is -0.736. The summed E-state index contributed by atoms with van der Waals surface area (Å²) >= 11 is 0. The van der Waals surface area contributed by atoms with Crippen molar-refractivity contribution in [3.63, 3.8) is 0 Å². The van der Waals surface area contributed by atoms with Crippen molar-refractivity contribution in [2.45, 2.75) is 6.23 Å². The second-order valence-corrected chi connectivity index (χ2v) is 1.61. The van der Waals surface area contributed by atoms with Crippen molar-refractivity contribution < 1.29 is 10.2 Å². The fourth-order valence-corrected chi connectivity index (χ4v) is 0.564. The van der Waals surface area contributed by atoms with Gasteiger partial charge in [0, 0.05) is 0 Å². The molecule has 2 unspecified atom stereocenters. The van der Waals surface area contributed by atoms with E-state index < -0.39 is 6.23 Å². The van der Waals surface area contributed by atoms with E-state index in [0.29, 0.717) is 13.2 Å². The summed E-state index contributed by atoms with van der Waals surface area (Å²) in [6.45, 7) is 0.764. The molecule has 0 aliphatic carbocycles. The molecule has 4 nitrogen and oxygen atoms in total. The van der Waals surface area contributed by atoms with Crippen molar-refractivity contribution in [2.75, 3.05) is 13.2 Å². The minimum absolute atomic E-state index is 0.0972. The van der Waals surface area contributed by atoms with Crippen LogP contribution in [-0.4, -0.2) is 24.5 Å². The van der Waals surface area contributed by atoms with Gasteiger partial charge in [-0.05, 0) is 0 Å². The van der Waals surface area contributed by atoms with Crippen LogP contribution in [0.3, 0.4) is 0 Å². The highest BCUT2D eigenvalue weighted by Crippen LogP contribution is 1.69. The van der Waals surface area contributed by atoms with Gasteiger partial charge >= 0.3 is 0 Å². The van der Waals surface area contributed by atoms with E-state index in [1.54, 1.807) is 0 Å². The summed E-state index contributed by atoms with van der Waals surface area (Å²) in [7, 11) is 0. The Bertz CT molecular complexity index is 60.0. The van der Waals surface area contributed by atoms with Gasteiger partial charge in [0.1, 0.15) is 6.67 Å². The van der Waals surface area contributed by atoms with Gasteiger partial charge in [-0.25, -0.2) is 0 Å². The highest BCUT2D eigenvalue weighted by Gasteiger charge is 2.16. The molecule has 2 atom stereocenters. The molecule has 0 aromatic heterocycles. The summed E-state index contributed by atoms with van der Waals surface area (Å²) in [4.78, 5) is 0. The predicted octanol–water partition coefficient (Wildman–Crippen LogP) is -2.75. The Hall–Kier alpha value is -0.160. The zero-order valence-corrected chi connectivity index (χ0v) is 3.85. The highest BCUT2D eigenvalue weighted by molar-refractivity contribution is 4.49. The van der Waals surface area contributed by atoms with Gasteiger partial charge in [0.25, 0.3) is 0 Å². The molecule has 4 heteroatoms. The van der Waals surface area contributed by atoms with E-state index in [1.165, 1.54) is 0 Å². The summed E-state index contributed by atoms with van der Waals surface area (Å²) in [6.07, 6.45) is -0.736. The molecule has 1 heterocycles. The van der Waals surface area contributed by atoms with Crippen LogP contribution >= 0.6 is 0 Å². The lowest BCUT2D eigenvalue weighted by molar-refractivity contribution is -0.885. The highest BCUT2D eigenvalue weighted by atomic mass is 16.5. The van der Waals surface area contributed by atoms with Gasteiger partial charge in [0.05, 0.1) is 6.54 Å². The van der Waals surface area contributed by atoms with E-state index in [0.717, 1.165) is 0 Å². The molecule has 42 valence electrons. The fraction of sp³-hybridized carbons (Fsp3) is 1.00. The van der Waals surface area contributed by atoms with E-state index in [2.05, 4.69) is 5.32 Å². The number of aliphatic hydroxyl groups excluding tert-OH is 1. The first kappa shape index (κ1) is 4.99. The maximum Gasteiger partial charge on any atom is 0.202 e. The zero-order valence-electron chi connectivity index (χ0n) is 3.85. The van der Waals surface area contributed by atoms with Gasteiger partial charge < -0.3 is 15.4 Å². The molecule has 1 fully saturated rings. The van der Waals surface area contributed by atoms with Crippen LogP contribution in [0.2, 0.25) is 0 Å². The maximum atomic E-state index is 10.3. The van der Waals surface area contributed by atoms with Gasteiger partial charge in [0.2, 0.25) is 6.23 Å². The minimum Gasteiger partial charge on any atom is -0.631 e. The van der Waals surface area contributed by atoms with Crippen molar-refractivity contribution in [2.24, 2.45) is 0 Å². The van der Waals surface area contributed by atoms with Crippen molar-refractivity contribution in [1.82, 2.24) is 5.32 Å². The maximum absolute atomic E-state index is 10.3. The lowest BCUT2D eigenvalue weighted by Gasteiger charge is -2.16. The van der Waals surface area contributed by atoms with Crippen LogP contribution in [0.1, 0.15) is 0 Å². The average Bonchev–Trinajstić information content (AvgIpc) is 1.91. The third kappa shape index (κ3) is 0.889. The Morgan fingerprint density at radius 3 is 2.71 bits per heavy atom. The van der Waals surface area contributed by atoms with Crippen LogP contribution in [0.5, 0.6) is 0 Å². The fourth-order valence-electron chi connectivity index (χ4n) is 0.564. The van der Waals surface area contributed by atoms with E-state index in [-0.39, 0.29) is 5.06 Å². The van der Waals surface area contributed by atoms with Gasteiger partial charge in [-0.3, -0.25) is 5.32 Å². The largest absolute Gasteiger partial charge is 0.631 e. The molecule has 0 saturated carbocycles. The first-order valence-electron chi connectivity index (χ1n) is 2.22. The van der Waals surface area contributed by atoms with Gasteiger partial charge in [0.15, 0.2) is 0 Å². The molecule has 0 bridgehead atoms. The summed E-state index contributed by atoms with van der Waals surface area (Å²) < 4.78 is 0. The van der Waals surface area contributed by atoms with Gasteiger partial charge in [-0.1, -0.05) is 0 Å². The molecule has 1 aliphatic heterocycles. The van der Waals surface area contributed by atoms with Crippen LogP contribution in [0.4, 0.5) is 0 Å². The van der Waals surface area contributed by atoms with Gasteiger partial charge in [-0.2, -0.15) is 0 Å². The van der Waals surface area contributed by atoms with E-state index in [9.17, 15) is 5.21 Å². The Balaban J connectivity index is 2.33. The first-order chi connectivity index (χ1) is 3.30. The molecule has 1 rings (SSSR count). The number of rotatable bonds is 0. The third-order valence-electron chi connectivity index (χ3n) is 1.01. The molecule has 0 amide bonds. The molecular formula is C3H8N2O2. The van der Waals surface area contributed by atoms with Crippen LogP contribution in [0.15, 0.2) is 0 Å². The standard InChI is InChI=1S/C3H8N2O2/c6-3-1-4-2-5(3)7/h3-6H,1-2H2. The second-order valence-electron chi connectivity index (χ2n) is 1.61. The van der Waals surface area contributed by atoms with E-state index in [4.69, 9.17) is 5.11 Å². The second kappa shape index (κ2) is 1.75. The summed E-state index contributed by atoms with van der Waals surface area (Å²) in [6, 6.07) is 0. The quantitative estimate of drug-likeness (QED) is 0.292. The van der Waals surface area contributed by atoms with Crippen LogP contribution in [0, 0.1) is 5.21 Å². The number of β-amino-alcohol motifs (C(OH)–C–C–N with tert-alkyl or cyclic N) is 1. The van der Waals surface area contributed by atoms with Crippen LogP contribution in [0.25, 0.3) is 0 Å². The monoisotopic (exact) mass is 104 g/mol. The van der Waals surface area contributed by atoms with Crippen LogP contribution in [-0.2, 0) is 0 Å². The molecule has 0 aromatic rings. The topological polar surface area (TPSA) is 59.8 Å². The average molecular weight is 104 g/mol. The number of aliphatic hydroxyl groups is 1. The molecule has 1 saturated heterocycles. The lowest BCUT2D eigenvalue weighted by atomic mass is 10.6. The van der Waals surface area contributed by atoms with E-state index >= 15 is 0 Å². The molecule has 0 spiro atoms. The number of hydrogen-bond donors (Lipinski definition) is 3. The number of hydroxylamine groups is 2. The number of quaternary nitrogens is 1. The molecule has 7 heavy (non-hydrogen) atoms. The first-order valence-corrected chi connectivity index (χ1v) is 2.22. The summed E-state index contributed by atoms with van der Waals surface area (Å²) in [5.74, 6) is 0. The molecule has 3 N–H and O–H groups in total. The molecular weight excluding hydrogens is 96.0 g/mol. The third-order valence-corrected chi connectivity index (χ3v) is 1.01. The molecule has 1 aliphatic rings. The normalized spacial score (nSPS) is 42.0. The number of hydrogen-bond acceptors (Lipinski definition) is 3. The Morgan fingerprint density at radius 1 is 1.86 bits per heavy atom. The zero-order chi connectivity index (χ0) is 5.28. The smallest absolute Gasteiger partial charge is 0.202 e. The molecule has 0 radical (unpaired) electrons. The summed E-state index contributed by atoms with van der Waals surface area (Å²) in [5.41, 5.74) is 0.